The molecule has 98 valence electrons. The molecule has 0 spiro atoms. The van der Waals surface area contributed by atoms with E-state index < -0.39 is 34.6 Å². The first-order valence-corrected chi connectivity index (χ1v) is 5.50. The topological polar surface area (TPSA) is 23.8 Å². The molecule has 18 heavy (non-hydrogen) atoms. The number of hydrogen-bond donors (Lipinski definition) is 0. The summed E-state index contributed by atoms with van der Waals surface area (Å²) in [6, 6.07) is 1.76. The van der Waals surface area contributed by atoms with Crippen molar-refractivity contribution in [2.75, 3.05) is 0 Å². The summed E-state index contributed by atoms with van der Waals surface area (Å²) in [6.45, 7) is 0. The van der Waals surface area contributed by atoms with Crippen LogP contribution in [0.25, 0.3) is 0 Å². The number of nitrogens with zero attached hydrogens (tertiary/aromatic N) is 1. The van der Waals surface area contributed by atoms with Gasteiger partial charge in [-0.3, -0.25) is 0 Å². The third-order valence-electron chi connectivity index (χ3n) is 2.14. The number of benzene rings is 1. The molecule has 0 N–H and O–H groups in total. The van der Waals surface area contributed by atoms with Crippen LogP contribution >= 0.6 is 15.9 Å². The Balaban J connectivity index is 3.63. The second-order valence-corrected chi connectivity index (χ2v) is 3.85. The van der Waals surface area contributed by atoms with Crippen LogP contribution in [0.4, 0.5) is 26.3 Å². The molecule has 0 saturated heterocycles. The first kappa shape index (κ1) is 14.8. The van der Waals surface area contributed by atoms with Gasteiger partial charge in [-0.1, -0.05) is 15.9 Å². The second-order valence-electron chi connectivity index (χ2n) is 3.29. The van der Waals surface area contributed by atoms with Gasteiger partial charge in [-0.2, -0.15) is 31.6 Å². The maximum atomic E-state index is 12.6. The molecule has 0 atom stereocenters. The zero-order valence-corrected chi connectivity index (χ0v) is 10.0. The minimum absolute atomic E-state index is 0.0113. The first-order chi connectivity index (χ1) is 8.11. The molecule has 1 nitrogen and oxygen atoms in total. The van der Waals surface area contributed by atoms with Crippen LogP contribution in [-0.4, -0.2) is 0 Å². The number of halogens is 7. The summed E-state index contributed by atoms with van der Waals surface area (Å²) in [6.07, 6.45) is -9.88. The van der Waals surface area contributed by atoms with Gasteiger partial charge in [0.15, 0.2) is 0 Å². The molecule has 0 fully saturated rings. The summed E-state index contributed by atoms with van der Waals surface area (Å²) in [5.74, 6) is 0. The van der Waals surface area contributed by atoms with Crippen molar-refractivity contribution in [3.63, 3.8) is 0 Å². The van der Waals surface area contributed by atoms with Gasteiger partial charge in [0.1, 0.15) is 0 Å². The Kier molecular flexibility index (Phi) is 3.96. The lowest BCUT2D eigenvalue weighted by Gasteiger charge is -2.16. The monoisotopic (exact) mass is 331 g/mol. The van der Waals surface area contributed by atoms with Crippen molar-refractivity contribution in [2.45, 2.75) is 17.7 Å². The maximum absolute atomic E-state index is 12.6. The highest BCUT2D eigenvalue weighted by Gasteiger charge is 2.39. The molecule has 0 heterocycles. The third-order valence-corrected chi connectivity index (χ3v) is 2.70. The zero-order valence-electron chi connectivity index (χ0n) is 8.45. The molecule has 0 bridgehead atoms. The fourth-order valence-electron chi connectivity index (χ4n) is 1.33. The molecule has 0 aliphatic carbocycles. The van der Waals surface area contributed by atoms with Gasteiger partial charge < -0.3 is 0 Å². The molecule has 0 saturated carbocycles. The van der Waals surface area contributed by atoms with Crippen LogP contribution in [0.2, 0.25) is 0 Å². The highest BCUT2D eigenvalue weighted by molar-refractivity contribution is 9.08. The highest BCUT2D eigenvalue weighted by Crippen LogP contribution is 2.39. The number of hydrogen-bond acceptors (Lipinski definition) is 1. The number of rotatable bonds is 1. The van der Waals surface area contributed by atoms with Gasteiger partial charge in [-0.15, -0.1) is 0 Å². The molecule has 0 aliphatic rings. The summed E-state index contributed by atoms with van der Waals surface area (Å²) in [4.78, 5) is 0. The Morgan fingerprint density at radius 3 is 1.94 bits per heavy atom. The van der Waals surface area contributed by atoms with Crippen molar-refractivity contribution < 1.29 is 26.3 Å². The van der Waals surface area contributed by atoms with E-state index in [0.29, 0.717) is 6.07 Å². The highest BCUT2D eigenvalue weighted by atomic mass is 79.9. The van der Waals surface area contributed by atoms with Crippen molar-refractivity contribution in [2.24, 2.45) is 0 Å². The van der Waals surface area contributed by atoms with Gasteiger partial charge in [0.2, 0.25) is 0 Å². The van der Waals surface area contributed by atoms with Gasteiger partial charge in [-0.05, 0) is 17.7 Å². The lowest BCUT2D eigenvalue weighted by Crippen LogP contribution is -2.14. The van der Waals surface area contributed by atoms with Crippen LogP contribution in [-0.2, 0) is 17.7 Å². The van der Waals surface area contributed by atoms with E-state index in [9.17, 15) is 26.3 Å². The van der Waals surface area contributed by atoms with Gasteiger partial charge in [0, 0.05) is 5.33 Å². The van der Waals surface area contributed by atoms with Crippen LogP contribution in [0.1, 0.15) is 22.3 Å². The summed E-state index contributed by atoms with van der Waals surface area (Å²) >= 11 is 2.74. The molecule has 1 aromatic rings. The summed E-state index contributed by atoms with van der Waals surface area (Å²) in [5.41, 5.74) is -4.09. The predicted molar refractivity (Wildman–Crippen MR) is 53.8 cm³/mol. The van der Waals surface area contributed by atoms with E-state index in [4.69, 9.17) is 5.26 Å². The number of alkyl halides is 7. The van der Waals surface area contributed by atoms with Gasteiger partial charge in [0.05, 0.1) is 22.8 Å². The van der Waals surface area contributed by atoms with Crippen molar-refractivity contribution in [3.05, 3.63) is 34.4 Å². The predicted octanol–water partition coefficient (Wildman–Crippen LogP) is 4.49. The van der Waals surface area contributed by atoms with E-state index in [0.717, 1.165) is 0 Å². The van der Waals surface area contributed by atoms with Crippen LogP contribution in [0.15, 0.2) is 12.1 Å². The Hall–Kier alpha value is -1.23. The smallest absolute Gasteiger partial charge is 0.192 e. The summed E-state index contributed by atoms with van der Waals surface area (Å²) < 4.78 is 75.1. The van der Waals surface area contributed by atoms with Crippen molar-refractivity contribution in [1.82, 2.24) is 0 Å². The van der Waals surface area contributed by atoms with E-state index in [2.05, 4.69) is 15.9 Å². The quantitative estimate of drug-likeness (QED) is 0.549. The lowest BCUT2D eigenvalue weighted by atomic mass is 9.98. The normalized spacial score (nSPS) is 12.3. The van der Waals surface area contributed by atoms with Crippen LogP contribution in [0.5, 0.6) is 0 Å². The van der Waals surface area contributed by atoms with Crippen LogP contribution < -0.4 is 0 Å². The Labute approximate surface area is 106 Å². The van der Waals surface area contributed by atoms with Crippen LogP contribution in [0, 0.1) is 11.3 Å². The maximum Gasteiger partial charge on any atom is 0.416 e. The minimum atomic E-state index is -4.95. The molecular formula is C10H4BrF6N. The van der Waals surface area contributed by atoms with Crippen molar-refractivity contribution >= 4 is 15.9 Å². The van der Waals surface area contributed by atoms with Gasteiger partial charge in [0.25, 0.3) is 0 Å². The molecular weight excluding hydrogens is 328 g/mol. The largest absolute Gasteiger partial charge is 0.416 e. The van der Waals surface area contributed by atoms with Crippen LogP contribution in [0.3, 0.4) is 0 Å². The molecule has 0 amide bonds. The molecule has 1 rings (SSSR count). The Morgan fingerprint density at radius 2 is 1.61 bits per heavy atom. The molecule has 0 unspecified atom stereocenters. The SMILES string of the molecule is N#Cc1cc(C(F)(F)F)cc(C(F)(F)F)c1CBr. The fraction of sp³-hybridized carbons (Fsp3) is 0.300. The van der Waals surface area contributed by atoms with Gasteiger partial charge >= 0.3 is 12.4 Å². The minimum Gasteiger partial charge on any atom is -0.192 e. The second kappa shape index (κ2) is 4.80. The lowest BCUT2D eigenvalue weighted by molar-refractivity contribution is -0.143. The average Bonchev–Trinajstić information content (AvgIpc) is 2.24. The van der Waals surface area contributed by atoms with Crippen molar-refractivity contribution in [1.29, 1.82) is 5.26 Å². The van der Waals surface area contributed by atoms with E-state index in [1.807, 2.05) is 0 Å². The molecule has 8 heteroatoms. The molecule has 1 aromatic carbocycles. The summed E-state index contributed by atoms with van der Waals surface area (Å²) in [7, 11) is 0. The van der Waals surface area contributed by atoms with E-state index >= 15 is 0 Å². The van der Waals surface area contributed by atoms with Gasteiger partial charge in [-0.25, -0.2) is 0 Å². The zero-order chi connectivity index (χ0) is 14.1. The molecule has 0 radical (unpaired) electrons. The first-order valence-electron chi connectivity index (χ1n) is 4.38. The van der Waals surface area contributed by atoms with Crippen molar-refractivity contribution in [3.8, 4) is 6.07 Å². The summed E-state index contributed by atoms with van der Waals surface area (Å²) in [5, 5.41) is 8.27. The molecule has 0 aromatic heterocycles. The molecule has 0 aliphatic heterocycles. The Morgan fingerprint density at radius 1 is 1.06 bits per heavy atom. The fourth-order valence-corrected chi connectivity index (χ4v) is 1.94. The third kappa shape index (κ3) is 2.96. The average molecular weight is 332 g/mol. The Bertz CT molecular complexity index is 497. The van der Waals surface area contributed by atoms with E-state index in [1.165, 1.54) is 6.07 Å². The van der Waals surface area contributed by atoms with E-state index in [1.54, 1.807) is 0 Å². The number of nitriles is 1. The standard InChI is InChI=1S/C10H4BrF6N/c11-3-7-5(4-18)1-6(9(12,13)14)2-8(7)10(15,16)17/h1-2H,3H2. The van der Waals surface area contributed by atoms with E-state index in [-0.39, 0.29) is 11.4 Å².